The highest BCUT2D eigenvalue weighted by Crippen LogP contribution is 2.37. The minimum absolute atomic E-state index is 0.485. The zero-order valence-electron chi connectivity index (χ0n) is 11.4. The molecule has 4 nitrogen and oxygen atoms in total. The Morgan fingerprint density at radius 1 is 1.32 bits per heavy atom. The van der Waals surface area contributed by atoms with E-state index in [-0.39, 0.29) is 0 Å². The van der Waals surface area contributed by atoms with Crippen LogP contribution in [-0.4, -0.2) is 25.3 Å². The molecule has 1 aromatic rings. The maximum Gasteiger partial charge on any atom is 0.339 e. The van der Waals surface area contributed by atoms with Gasteiger partial charge in [0.15, 0.2) is 6.10 Å². The molecule has 0 spiro atoms. The Morgan fingerprint density at radius 3 is 2.58 bits per heavy atom. The largest absolute Gasteiger partial charge is 0.496 e. The number of hydrogen-bond acceptors (Lipinski definition) is 4. The predicted octanol–water partition coefficient (Wildman–Crippen LogP) is 2.56. The topological polar surface area (TPSA) is 55.8 Å². The van der Waals surface area contributed by atoms with Gasteiger partial charge >= 0.3 is 5.97 Å². The number of esters is 1. The van der Waals surface area contributed by atoms with E-state index in [2.05, 4.69) is 4.74 Å². The highest BCUT2D eigenvalue weighted by molar-refractivity contribution is 5.77. The summed E-state index contributed by atoms with van der Waals surface area (Å²) in [7, 11) is 2.79. The lowest BCUT2D eigenvalue weighted by molar-refractivity contribution is -0.150. The molecular formula is C15H20O4. The summed E-state index contributed by atoms with van der Waals surface area (Å²) in [6, 6.07) is 5.70. The molecule has 0 radical (unpaired) electrons. The van der Waals surface area contributed by atoms with Crippen LogP contribution >= 0.6 is 0 Å². The van der Waals surface area contributed by atoms with Gasteiger partial charge in [-0.15, -0.1) is 0 Å². The number of carbonyl (C=O) groups excluding carboxylic acids is 1. The lowest BCUT2D eigenvalue weighted by Gasteiger charge is -2.17. The minimum Gasteiger partial charge on any atom is -0.496 e. The second-order valence-corrected chi connectivity index (χ2v) is 4.91. The fraction of sp³-hybridized carbons (Fsp3) is 0.533. The summed E-state index contributed by atoms with van der Waals surface area (Å²) in [5, 5.41) is 10.0. The number of methoxy groups -OCH3 is 2. The number of rotatable bonds is 4. The van der Waals surface area contributed by atoms with Crippen LogP contribution in [0.5, 0.6) is 5.75 Å². The molecule has 2 rings (SSSR count). The van der Waals surface area contributed by atoms with Crippen molar-refractivity contribution >= 4 is 5.97 Å². The van der Waals surface area contributed by atoms with Crippen LogP contribution in [0.3, 0.4) is 0 Å². The lowest BCUT2D eigenvalue weighted by atomic mass is 9.94. The van der Waals surface area contributed by atoms with Crippen molar-refractivity contribution in [2.75, 3.05) is 14.2 Å². The molecule has 0 saturated heterocycles. The Kier molecular flexibility index (Phi) is 4.43. The third-order valence-corrected chi connectivity index (χ3v) is 3.80. The van der Waals surface area contributed by atoms with Crippen molar-refractivity contribution < 1.29 is 19.4 Å². The van der Waals surface area contributed by atoms with Gasteiger partial charge in [-0.2, -0.15) is 0 Å². The van der Waals surface area contributed by atoms with E-state index in [0.29, 0.717) is 17.2 Å². The highest BCUT2D eigenvalue weighted by atomic mass is 16.5. The van der Waals surface area contributed by atoms with E-state index in [0.717, 1.165) is 5.56 Å². The first-order valence-electron chi connectivity index (χ1n) is 6.61. The molecule has 1 aromatic carbocycles. The van der Waals surface area contributed by atoms with Crippen LogP contribution < -0.4 is 4.74 Å². The summed E-state index contributed by atoms with van der Waals surface area (Å²) in [5.41, 5.74) is 1.65. The average Bonchev–Trinajstić information content (AvgIpc) is 2.99. The molecule has 1 atom stereocenters. The first kappa shape index (κ1) is 13.9. The van der Waals surface area contributed by atoms with Crippen LogP contribution in [-0.2, 0) is 9.53 Å². The van der Waals surface area contributed by atoms with Crippen LogP contribution in [0.4, 0.5) is 0 Å². The average molecular weight is 264 g/mol. The van der Waals surface area contributed by atoms with Crippen LogP contribution in [0.25, 0.3) is 0 Å². The summed E-state index contributed by atoms with van der Waals surface area (Å²) < 4.78 is 9.80. The number of aliphatic hydroxyl groups excluding tert-OH is 1. The smallest absolute Gasteiger partial charge is 0.339 e. The Labute approximate surface area is 113 Å². The number of hydrogen-bond donors (Lipinski definition) is 1. The van der Waals surface area contributed by atoms with Crippen molar-refractivity contribution in [3.05, 3.63) is 29.3 Å². The number of aliphatic hydroxyl groups is 1. The van der Waals surface area contributed by atoms with Crippen molar-refractivity contribution in [2.24, 2.45) is 0 Å². The Hall–Kier alpha value is -1.55. The van der Waals surface area contributed by atoms with Crippen molar-refractivity contribution in [1.29, 1.82) is 0 Å². The van der Waals surface area contributed by atoms with Gasteiger partial charge in [-0.25, -0.2) is 4.79 Å². The molecule has 1 aliphatic carbocycles. The molecule has 0 amide bonds. The van der Waals surface area contributed by atoms with Crippen LogP contribution in [0.15, 0.2) is 18.2 Å². The molecule has 0 aromatic heterocycles. The fourth-order valence-corrected chi connectivity index (χ4v) is 2.72. The van der Waals surface area contributed by atoms with E-state index in [4.69, 9.17) is 4.74 Å². The molecule has 19 heavy (non-hydrogen) atoms. The summed E-state index contributed by atoms with van der Waals surface area (Å²) in [6.45, 7) is 0. The molecule has 1 unspecified atom stereocenters. The van der Waals surface area contributed by atoms with Crippen molar-refractivity contribution in [3.63, 3.8) is 0 Å². The van der Waals surface area contributed by atoms with Gasteiger partial charge in [0.1, 0.15) is 5.75 Å². The Morgan fingerprint density at radius 2 is 2.00 bits per heavy atom. The molecule has 1 N–H and O–H groups in total. The van der Waals surface area contributed by atoms with E-state index >= 15 is 0 Å². The molecule has 0 aliphatic heterocycles. The maximum atomic E-state index is 11.5. The second kappa shape index (κ2) is 6.06. The van der Waals surface area contributed by atoms with Gasteiger partial charge in [0, 0.05) is 5.56 Å². The Balaban J connectivity index is 2.32. The molecule has 1 aliphatic rings. The van der Waals surface area contributed by atoms with Crippen LogP contribution in [0.2, 0.25) is 0 Å². The van der Waals surface area contributed by atoms with Gasteiger partial charge in [-0.3, -0.25) is 0 Å². The lowest BCUT2D eigenvalue weighted by Crippen LogP contribution is -2.15. The van der Waals surface area contributed by atoms with Gasteiger partial charge in [0.2, 0.25) is 0 Å². The maximum absolute atomic E-state index is 11.5. The van der Waals surface area contributed by atoms with E-state index in [1.54, 1.807) is 0 Å². The SMILES string of the molecule is COC(=O)C(O)c1cc(C2CCCC2)ccc1OC. The molecular weight excluding hydrogens is 244 g/mol. The normalized spacial score (nSPS) is 17.2. The van der Waals surface area contributed by atoms with Gasteiger partial charge in [0.05, 0.1) is 14.2 Å². The molecule has 1 saturated carbocycles. The number of ether oxygens (including phenoxy) is 2. The first-order valence-corrected chi connectivity index (χ1v) is 6.61. The van der Waals surface area contributed by atoms with Gasteiger partial charge < -0.3 is 14.6 Å². The van der Waals surface area contributed by atoms with E-state index in [1.807, 2.05) is 18.2 Å². The Bertz CT molecular complexity index is 449. The first-order chi connectivity index (χ1) is 9.17. The van der Waals surface area contributed by atoms with Crippen LogP contribution in [0, 0.1) is 0 Å². The predicted molar refractivity (Wildman–Crippen MR) is 71.2 cm³/mol. The van der Waals surface area contributed by atoms with Gasteiger partial charge in [-0.05, 0) is 36.5 Å². The zero-order chi connectivity index (χ0) is 13.8. The summed E-state index contributed by atoms with van der Waals surface area (Å²) in [4.78, 5) is 11.5. The van der Waals surface area contributed by atoms with Gasteiger partial charge in [-0.1, -0.05) is 18.9 Å². The van der Waals surface area contributed by atoms with E-state index in [9.17, 15) is 9.90 Å². The van der Waals surface area contributed by atoms with Gasteiger partial charge in [0.25, 0.3) is 0 Å². The molecule has 1 fully saturated rings. The quantitative estimate of drug-likeness (QED) is 0.849. The molecule has 104 valence electrons. The third kappa shape index (κ3) is 2.89. The summed E-state index contributed by atoms with van der Waals surface area (Å²) in [6.07, 6.45) is 3.53. The molecule has 0 bridgehead atoms. The van der Waals surface area contributed by atoms with E-state index in [1.165, 1.54) is 39.9 Å². The van der Waals surface area contributed by atoms with Crippen molar-refractivity contribution in [3.8, 4) is 5.75 Å². The summed E-state index contributed by atoms with van der Waals surface area (Å²) >= 11 is 0. The number of benzene rings is 1. The fourth-order valence-electron chi connectivity index (χ4n) is 2.72. The minimum atomic E-state index is -1.29. The molecule has 4 heteroatoms. The third-order valence-electron chi connectivity index (χ3n) is 3.80. The van der Waals surface area contributed by atoms with Crippen molar-refractivity contribution in [1.82, 2.24) is 0 Å². The number of carbonyl (C=O) groups is 1. The summed E-state index contributed by atoms with van der Waals surface area (Å²) in [5.74, 6) is 0.371. The molecule has 0 heterocycles. The monoisotopic (exact) mass is 264 g/mol. The van der Waals surface area contributed by atoms with E-state index < -0.39 is 12.1 Å². The zero-order valence-corrected chi connectivity index (χ0v) is 11.4. The standard InChI is InChI=1S/C15H20O4/c1-18-13-8-7-11(10-5-3-4-6-10)9-12(13)14(16)15(17)19-2/h7-10,14,16H,3-6H2,1-2H3. The second-order valence-electron chi connectivity index (χ2n) is 4.91. The highest BCUT2D eigenvalue weighted by Gasteiger charge is 2.24. The van der Waals surface area contributed by atoms with Crippen LogP contribution in [0.1, 0.15) is 48.8 Å². The van der Waals surface area contributed by atoms with Crippen molar-refractivity contribution in [2.45, 2.75) is 37.7 Å².